The Morgan fingerprint density at radius 2 is 1.75 bits per heavy atom. The predicted octanol–water partition coefficient (Wildman–Crippen LogP) is 2.07. The standard InChI is InChI=1S/C38H44FN5O8/c1-41(2)26-17-22(27-10-9-20(52-27)18-43-11-13-44(14-12-43)25-8-6-5-7-24(25)39)32(45)29-21(26)15-19-16-23-31(42(3)4)34(47)30(37(40)50)36(49)38(23,51)35(48)28(19)33(29)46/h5-10,17,19,23,30-31,34,45,47-48,51H,11-16,18H2,1-4H3,(H2,40,50)/t19-,23-,30?,31-,34?,38-/m0/s1. The molecular weight excluding hydrogens is 673 g/mol. The molecule has 276 valence electrons. The van der Waals surface area contributed by atoms with Crippen LogP contribution in [0.3, 0.4) is 0 Å². The van der Waals surface area contributed by atoms with Crippen molar-refractivity contribution >= 4 is 28.8 Å². The van der Waals surface area contributed by atoms with E-state index in [2.05, 4.69) is 4.90 Å². The molecule has 2 heterocycles. The number of carbonyl (C=O) groups is 3. The van der Waals surface area contributed by atoms with E-state index >= 15 is 0 Å². The average Bonchev–Trinajstić information content (AvgIpc) is 3.54. The number of anilines is 2. The predicted molar refractivity (Wildman–Crippen MR) is 189 cm³/mol. The molecule has 52 heavy (non-hydrogen) atoms. The molecule has 14 heteroatoms. The number of aliphatic hydroxyl groups excluding tert-OH is 2. The van der Waals surface area contributed by atoms with Gasteiger partial charge in [-0.25, -0.2) is 4.39 Å². The first kappa shape index (κ1) is 35.6. The number of halogens is 1. The topological polar surface area (TPSA) is 184 Å². The van der Waals surface area contributed by atoms with Crippen LogP contribution in [-0.2, 0) is 22.6 Å². The lowest BCUT2D eigenvalue weighted by Crippen LogP contribution is -2.71. The van der Waals surface area contributed by atoms with Crippen molar-refractivity contribution in [3.05, 3.63) is 76.5 Å². The number of fused-ring (bicyclic) bond motifs is 3. The summed E-state index contributed by atoms with van der Waals surface area (Å²) in [6.45, 7) is 3.11. The fraction of sp³-hybridized carbons (Fsp3) is 0.447. The maximum absolute atomic E-state index is 14.4. The average molecular weight is 718 g/mol. The summed E-state index contributed by atoms with van der Waals surface area (Å²) in [7, 11) is 6.86. The molecule has 0 bridgehead atoms. The summed E-state index contributed by atoms with van der Waals surface area (Å²) >= 11 is 0. The van der Waals surface area contributed by atoms with Crippen LogP contribution in [0.2, 0.25) is 0 Å². The van der Waals surface area contributed by atoms with Crippen LogP contribution in [0.5, 0.6) is 5.75 Å². The maximum atomic E-state index is 14.4. The van der Waals surface area contributed by atoms with Gasteiger partial charge in [-0.05, 0) is 68.8 Å². The minimum absolute atomic E-state index is 0.0314. The summed E-state index contributed by atoms with van der Waals surface area (Å²) in [5.41, 5.74) is 4.52. The zero-order chi connectivity index (χ0) is 37.4. The first-order valence-corrected chi connectivity index (χ1v) is 17.4. The minimum Gasteiger partial charge on any atom is -0.508 e. The van der Waals surface area contributed by atoms with E-state index in [0.29, 0.717) is 61.2 Å². The second-order valence-electron chi connectivity index (χ2n) is 14.8. The zero-order valence-electron chi connectivity index (χ0n) is 29.5. The van der Waals surface area contributed by atoms with Crippen molar-refractivity contribution in [2.45, 2.75) is 37.1 Å². The monoisotopic (exact) mass is 717 g/mol. The number of aromatic hydroxyl groups is 1. The summed E-state index contributed by atoms with van der Waals surface area (Å²) in [5.74, 6) is -7.20. The van der Waals surface area contributed by atoms with E-state index in [1.807, 2.05) is 15.9 Å². The molecule has 1 aliphatic heterocycles. The van der Waals surface area contributed by atoms with Crippen LogP contribution in [0, 0.1) is 23.6 Å². The number of hydrogen-bond donors (Lipinski definition) is 5. The third-order valence-corrected chi connectivity index (χ3v) is 11.4. The van der Waals surface area contributed by atoms with Crippen molar-refractivity contribution in [1.29, 1.82) is 0 Å². The number of phenolic OH excluding ortho intramolecular Hbond substituents is 1. The number of amides is 1. The number of primary amides is 1. The van der Waals surface area contributed by atoms with Gasteiger partial charge in [-0.1, -0.05) is 12.1 Å². The number of phenols is 1. The summed E-state index contributed by atoms with van der Waals surface area (Å²) in [5, 5.41) is 46.6. The van der Waals surface area contributed by atoms with E-state index in [0.717, 1.165) is 0 Å². The van der Waals surface area contributed by atoms with E-state index in [-0.39, 0.29) is 41.1 Å². The highest BCUT2D eigenvalue weighted by atomic mass is 19.1. The summed E-state index contributed by atoms with van der Waals surface area (Å²) in [6.07, 6.45) is -1.33. The number of aliphatic hydroxyl groups is 3. The molecule has 6 atom stereocenters. The molecule has 0 spiro atoms. The van der Waals surface area contributed by atoms with Gasteiger partial charge in [0.05, 0.1) is 29.5 Å². The van der Waals surface area contributed by atoms with Gasteiger partial charge < -0.3 is 45.3 Å². The number of furan rings is 1. The number of piperazine rings is 1. The highest BCUT2D eigenvalue weighted by Gasteiger charge is 2.66. The Bertz CT molecular complexity index is 1980. The van der Waals surface area contributed by atoms with Crippen molar-refractivity contribution in [1.82, 2.24) is 9.80 Å². The molecule has 1 saturated carbocycles. The maximum Gasteiger partial charge on any atom is 0.230 e. The number of para-hydroxylation sites is 1. The lowest BCUT2D eigenvalue weighted by molar-refractivity contribution is -0.178. The minimum atomic E-state index is -2.67. The normalized spacial score (nSPS) is 27.8. The van der Waals surface area contributed by atoms with Gasteiger partial charge in [0, 0.05) is 63.5 Å². The van der Waals surface area contributed by atoms with E-state index in [1.54, 1.807) is 63.4 Å². The molecule has 2 aromatic carbocycles. The Hall–Kier alpha value is -4.76. The highest BCUT2D eigenvalue weighted by molar-refractivity contribution is 6.17. The van der Waals surface area contributed by atoms with Gasteiger partial charge >= 0.3 is 0 Å². The first-order valence-electron chi connectivity index (χ1n) is 17.4. The molecule has 7 rings (SSSR count). The van der Waals surface area contributed by atoms with Gasteiger partial charge in [-0.3, -0.25) is 19.3 Å². The molecule has 13 nitrogen and oxygen atoms in total. The number of likely N-dealkylation sites (N-methyl/N-ethyl adjacent to an activating group) is 1. The van der Waals surface area contributed by atoms with Crippen LogP contribution in [0.1, 0.15) is 28.1 Å². The molecule has 3 aliphatic carbocycles. The van der Waals surface area contributed by atoms with Crippen molar-refractivity contribution < 1.29 is 43.6 Å². The Balaban J connectivity index is 1.21. The smallest absolute Gasteiger partial charge is 0.230 e. The fourth-order valence-electron chi connectivity index (χ4n) is 8.92. The van der Waals surface area contributed by atoms with Crippen molar-refractivity contribution in [3.8, 4) is 17.1 Å². The molecule has 0 radical (unpaired) electrons. The van der Waals surface area contributed by atoms with E-state index in [9.17, 15) is 39.2 Å². The molecule has 4 aliphatic rings. The van der Waals surface area contributed by atoms with Crippen molar-refractivity contribution in [3.63, 3.8) is 0 Å². The molecule has 1 aromatic heterocycles. The summed E-state index contributed by atoms with van der Waals surface area (Å²) in [4.78, 5) is 48.1. The third kappa shape index (κ3) is 5.47. The Morgan fingerprint density at radius 3 is 2.38 bits per heavy atom. The van der Waals surface area contributed by atoms with Crippen LogP contribution in [-0.4, -0.2) is 120 Å². The number of carbonyl (C=O) groups excluding carboxylic acids is 3. The van der Waals surface area contributed by atoms with Crippen LogP contribution in [0.25, 0.3) is 11.3 Å². The van der Waals surface area contributed by atoms with Crippen LogP contribution in [0.15, 0.2) is 58.2 Å². The number of nitrogens with zero attached hydrogens (tertiary/aromatic N) is 4. The second kappa shape index (κ2) is 13.0. The van der Waals surface area contributed by atoms with Gasteiger partial charge in [0.2, 0.25) is 5.91 Å². The quantitative estimate of drug-likeness (QED) is 0.225. The van der Waals surface area contributed by atoms with E-state index in [4.69, 9.17) is 10.2 Å². The highest BCUT2D eigenvalue weighted by Crippen LogP contribution is 2.54. The molecule has 2 fully saturated rings. The molecular formula is C38H44FN5O8. The van der Waals surface area contributed by atoms with E-state index < -0.39 is 58.7 Å². The number of rotatable bonds is 7. The Morgan fingerprint density at radius 1 is 1.06 bits per heavy atom. The van der Waals surface area contributed by atoms with Crippen molar-refractivity contribution in [2.75, 3.05) is 64.2 Å². The molecule has 2 unspecified atom stereocenters. The van der Waals surface area contributed by atoms with E-state index in [1.165, 1.54) is 6.07 Å². The largest absolute Gasteiger partial charge is 0.508 e. The SMILES string of the molecule is CN(C)c1cc(-c2ccc(CN3CCN(c4ccccc4F)CC3)o2)c(O)c2c1C[C@H]1C[C@H]3[C@H](N(C)C)C(O)C(C(N)=O)C(=O)[C@@]3(O)C(O)=C1C2=O. The number of hydrogen-bond acceptors (Lipinski definition) is 12. The lowest BCUT2D eigenvalue weighted by atomic mass is 9.56. The Kier molecular flexibility index (Phi) is 8.93. The van der Waals surface area contributed by atoms with Gasteiger partial charge in [0.1, 0.15) is 34.8 Å². The van der Waals surface area contributed by atoms with Crippen LogP contribution in [0.4, 0.5) is 15.8 Å². The van der Waals surface area contributed by atoms with Gasteiger partial charge in [0.15, 0.2) is 17.2 Å². The molecule has 3 aromatic rings. The molecule has 1 saturated heterocycles. The van der Waals surface area contributed by atoms with Crippen LogP contribution < -0.4 is 15.5 Å². The Labute approximate surface area is 300 Å². The van der Waals surface area contributed by atoms with Gasteiger partial charge in [0.25, 0.3) is 0 Å². The van der Waals surface area contributed by atoms with Crippen LogP contribution >= 0.6 is 0 Å². The number of benzene rings is 2. The zero-order valence-corrected chi connectivity index (χ0v) is 29.5. The number of Topliss-reactive ketones (excluding diaryl/α,β-unsaturated/α-hetero) is 2. The number of ketones is 2. The summed E-state index contributed by atoms with van der Waals surface area (Å²) < 4.78 is 20.6. The fourth-order valence-corrected chi connectivity index (χ4v) is 8.92. The molecule has 1 amide bonds. The first-order chi connectivity index (χ1) is 24.6. The number of nitrogens with two attached hydrogens (primary N) is 1. The number of allylic oxidation sites excluding steroid dienone is 1. The van der Waals surface area contributed by atoms with Crippen molar-refractivity contribution in [2.24, 2.45) is 23.5 Å². The second-order valence-corrected chi connectivity index (χ2v) is 14.8. The lowest BCUT2D eigenvalue weighted by Gasteiger charge is -2.53. The van der Waals surface area contributed by atoms with Gasteiger partial charge in [-0.15, -0.1) is 0 Å². The molecule has 6 N–H and O–H groups in total. The third-order valence-electron chi connectivity index (χ3n) is 11.4. The summed E-state index contributed by atoms with van der Waals surface area (Å²) in [6, 6.07) is 11.0. The van der Waals surface area contributed by atoms with Gasteiger partial charge in [-0.2, -0.15) is 0 Å².